The van der Waals surface area contributed by atoms with Crippen LogP contribution in [0.5, 0.6) is 0 Å². The molecule has 2 aromatic carbocycles. The Morgan fingerprint density at radius 2 is 1.91 bits per heavy atom. The van der Waals surface area contributed by atoms with Gasteiger partial charge < -0.3 is 15.3 Å². The van der Waals surface area contributed by atoms with E-state index in [4.69, 9.17) is 0 Å². The minimum atomic E-state index is -3.27. The van der Waals surface area contributed by atoms with E-state index in [-0.39, 0.29) is 5.56 Å². The molecule has 170 valence electrons. The highest BCUT2D eigenvalue weighted by atomic mass is 19.3. The first kappa shape index (κ1) is 22.3. The van der Waals surface area contributed by atoms with Gasteiger partial charge in [0.25, 0.3) is 5.92 Å². The van der Waals surface area contributed by atoms with Gasteiger partial charge in [0.1, 0.15) is 5.82 Å². The van der Waals surface area contributed by atoms with Crippen molar-refractivity contribution in [2.24, 2.45) is 0 Å². The summed E-state index contributed by atoms with van der Waals surface area (Å²) in [5.41, 5.74) is 1.20. The average molecular weight is 445 g/mol. The van der Waals surface area contributed by atoms with Crippen LogP contribution in [0.4, 0.5) is 24.5 Å². The summed E-state index contributed by atoms with van der Waals surface area (Å²) in [6.45, 7) is 5.74. The first-order valence-corrected chi connectivity index (χ1v) is 10.7. The van der Waals surface area contributed by atoms with Crippen LogP contribution in [-0.2, 0) is 5.92 Å². The van der Waals surface area contributed by atoms with Crippen molar-refractivity contribution >= 4 is 22.3 Å². The third-order valence-electron chi connectivity index (χ3n) is 6.17. The Balaban J connectivity index is 1.64. The van der Waals surface area contributed by atoms with Crippen LogP contribution < -0.4 is 10.2 Å². The summed E-state index contributed by atoms with van der Waals surface area (Å²) in [5, 5.41) is 22.4. The number of piperidine rings is 1. The fourth-order valence-corrected chi connectivity index (χ4v) is 4.14. The van der Waals surface area contributed by atoms with E-state index in [0.29, 0.717) is 31.0 Å². The summed E-state index contributed by atoms with van der Waals surface area (Å²) in [6.07, 6.45) is 2.92. The number of aromatic nitrogens is 2. The maximum absolute atomic E-state index is 14.8. The molecular formula is C24H27F3N4O. The molecule has 0 bridgehead atoms. The van der Waals surface area contributed by atoms with Crippen molar-refractivity contribution in [2.45, 2.75) is 51.2 Å². The molecule has 1 fully saturated rings. The third kappa shape index (κ3) is 4.50. The van der Waals surface area contributed by atoms with E-state index in [0.717, 1.165) is 30.2 Å². The lowest BCUT2D eigenvalue weighted by atomic mass is 9.93. The molecule has 4 rings (SSSR count). The van der Waals surface area contributed by atoms with Gasteiger partial charge in [0.05, 0.1) is 34.6 Å². The van der Waals surface area contributed by atoms with Crippen molar-refractivity contribution in [1.82, 2.24) is 10.2 Å². The highest BCUT2D eigenvalue weighted by molar-refractivity contribution is 5.93. The van der Waals surface area contributed by atoms with E-state index in [9.17, 15) is 18.3 Å². The molecule has 1 atom stereocenters. The Morgan fingerprint density at radius 3 is 2.59 bits per heavy atom. The zero-order valence-corrected chi connectivity index (χ0v) is 18.4. The van der Waals surface area contributed by atoms with E-state index in [2.05, 4.69) is 20.4 Å². The second-order valence-corrected chi connectivity index (χ2v) is 8.91. The van der Waals surface area contributed by atoms with E-state index in [1.54, 1.807) is 13.1 Å². The lowest BCUT2D eigenvalue weighted by Gasteiger charge is -2.37. The summed E-state index contributed by atoms with van der Waals surface area (Å²) in [7, 11) is 0. The Hall–Kier alpha value is -2.87. The number of fused-ring (bicyclic) bond motifs is 1. The van der Waals surface area contributed by atoms with E-state index in [1.807, 2.05) is 25.1 Å². The summed E-state index contributed by atoms with van der Waals surface area (Å²) in [5.74, 6) is -4.17. The van der Waals surface area contributed by atoms with Gasteiger partial charge in [0.15, 0.2) is 0 Å². The molecule has 0 spiro atoms. The number of alkyl halides is 2. The number of halogens is 3. The maximum Gasteiger partial charge on any atom is 0.273 e. The Morgan fingerprint density at radius 1 is 1.19 bits per heavy atom. The van der Waals surface area contributed by atoms with E-state index >= 15 is 0 Å². The summed E-state index contributed by atoms with van der Waals surface area (Å²) in [6, 6.07) is 9.32. The summed E-state index contributed by atoms with van der Waals surface area (Å²) >= 11 is 0. The van der Waals surface area contributed by atoms with Gasteiger partial charge in [-0.25, -0.2) is 13.2 Å². The van der Waals surface area contributed by atoms with E-state index in [1.165, 1.54) is 12.1 Å². The molecule has 2 N–H and O–H groups in total. The van der Waals surface area contributed by atoms with Crippen LogP contribution in [0.1, 0.15) is 50.8 Å². The Labute approximate surface area is 185 Å². The first-order chi connectivity index (χ1) is 15.0. The number of aliphatic hydroxyl groups is 1. The van der Waals surface area contributed by atoms with Crippen molar-refractivity contribution in [3.05, 3.63) is 59.5 Å². The smallest absolute Gasteiger partial charge is 0.273 e. The lowest BCUT2D eigenvalue weighted by molar-refractivity contribution is 0.0135. The molecule has 0 saturated carbocycles. The molecular weight excluding hydrogens is 417 g/mol. The number of nitrogens with one attached hydrogen (secondary N) is 1. The number of hydrogen-bond donors (Lipinski definition) is 2. The van der Waals surface area contributed by atoms with Gasteiger partial charge in [-0.2, -0.15) is 10.2 Å². The largest absolute Gasteiger partial charge is 0.390 e. The fourth-order valence-electron chi connectivity index (χ4n) is 4.14. The number of benzene rings is 2. The first-order valence-electron chi connectivity index (χ1n) is 10.7. The van der Waals surface area contributed by atoms with Crippen molar-refractivity contribution in [2.75, 3.05) is 23.3 Å². The standard InChI is InChI=1S/C24H27F3N4O/c1-15(17-5-4-6-19(22(17)25)24(3,26)27)29-21-14-28-30-20-8-7-16(13-18(20)21)31-11-9-23(2,32)10-12-31/h4-8,13-15,32H,9-12H2,1-3H3,(H,29,30)/t15-/m1/s1. The highest BCUT2D eigenvalue weighted by Gasteiger charge is 2.30. The van der Waals surface area contributed by atoms with Crippen LogP contribution in [-0.4, -0.2) is 34.0 Å². The molecule has 0 unspecified atom stereocenters. The Bertz CT molecular complexity index is 1120. The molecule has 32 heavy (non-hydrogen) atoms. The molecule has 1 saturated heterocycles. The molecule has 8 heteroatoms. The molecule has 1 aliphatic heterocycles. The number of anilines is 2. The molecule has 3 aromatic rings. The molecule has 1 aromatic heterocycles. The van der Waals surface area contributed by atoms with Gasteiger partial charge in [0.2, 0.25) is 0 Å². The van der Waals surface area contributed by atoms with Gasteiger partial charge in [-0.1, -0.05) is 18.2 Å². The zero-order valence-electron chi connectivity index (χ0n) is 18.4. The zero-order chi connectivity index (χ0) is 23.1. The quantitative estimate of drug-likeness (QED) is 0.551. The van der Waals surface area contributed by atoms with E-state index < -0.39 is 28.9 Å². The van der Waals surface area contributed by atoms with Crippen LogP contribution in [0.15, 0.2) is 42.6 Å². The van der Waals surface area contributed by atoms with Crippen LogP contribution in [0.25, 0.3) is 10.9 Å². The van der Waals surface area contributed by atoms with Crippen molar-refractivity contribution in [1.29, 1.82) is 0 Å². The fraction of sp³-hybridized carbons (Fsp3) is 0.417. The van der Waals surface area contributed by atoms with Gasteiger partial charge in [-0.05, 0) is 44.9 Å². The minimum absolute atomic E-state index is 0.156. The average Bonchev–Trinajstić information content (AvgIpc) is 2.73. The SMILES string of the molecule is C[C@@H](Nc1cnnc2ccc(N3CCC(C)(O)CC3)cc12)c1cccc(C(C)(F)F)c1F. The molecule has 5 nitrogen and oxygen atoms in total. The Kier molecular flexibility index (Phi) is 5.75. The number of hydrogen-bond acceptors (Lipinski definition) is 5. The molecule has 2 heterocycles. The van der Waals surface area contributed by atoms with Gasteiger partial charge in [-0.15, -0.1) is 0 Å². The number of nitrogens with zero attached hydrogens (tertiary/aromatic N) is 3. The second kappa shape index (κ2) is 8.24. The summed E-state index contributed by atoms with van der Waals surface area (Å²) < 4.78 is 42.4. The van der Waals surface area contributed by atoms with Crippen molar-refractivity contribution < 1.29 is 18.3 Å². The van der Waals surface area contributed by atoms with Crippen molar-refractivity contribution in [3.8, 4) is 0 Å². The molecule has 0 aliphatic carbocycles. The van der Waals surface area contributed by atoms with Gasteiger partial charge >= 0.3 is 0 Å². The molecule has 0 amide bonds. The normalized spacial score (nSPS) is 17.4. The predicted octanol–water partition coefficient (Wildman–Crippen LogP) is 5.40. The van der Waals surface area contributed by atoms with Crippen LogP contribution in [0, 0.1) is 5.82 Å². The monoisotopic (exact) mass is 444 g/mol. The topological polar surface area (TPSA) is 61.3 Å². The maximum atomic E-state index is 14.8. The van der Waals surface area contributed by atoms with Crippen molar-refractivity contribution in [3.63, 3.8) is 0 Å². The molecule has 1 aliphatic rings. The number of rotatable bonds is 5. The van der Waals surface area contributed by atoms with Gasteiger partial charge in [-0.3, -0.25) is 0 Å². The predicted molar refractivity (Wildman–Crippen MR) is 120 cm³/mol. The molecule has 0 radical (unpaired) electrons. The lowest BCUT2D eigenvalue weighted by Crippen LogP contribution is -2.42. The van der Waals surface area contributed by atoms with Gasteiger partial charge in [0, 0.05) is 36.7 Å². The van der Waals surface area contributed by atoms with Crippen LogP contribution >= 0.6 is 0 Å². The summed E-state index contributed by atoms with van der Waals surface area (Å²) in [4.78, 5) is 2.21. The van der Waals surface area contributed by atoms with Crippen LogP contribution in [0.2, 0.25) is 0 Å². The highest BCUT2D eigenvalue weighted by Crippen LogP contribution is 2.35. The third-order valence-corrected chi connectivity index (χ3v) is 6.17. The minimum Gasteiger partial charge on any atom is -0.390 e. The second-order valence-electron chi connectivity index (χ2n) is 8.91. The van der Waals surface area contributed by atoms with Crippen LogP contribution in [0.3, 0.4) is 0 Å².